The second kappa shape index (κ2) is 4.37. The third-order valence-electron chi connectivity index (χ3n) is 4.15. The quantitative estimate of drug-likeness (QED) is 0.678. The van der Waals surface area contributed by atoms with Crippen molar-refractivity contribution in [3.63, 3.8) is 0 Å². The molecule has 2 aliphatic rings. The molecule has 2 N–H and O–H groups in total. The average molecular weight is 301 g/mol. The molecule has 1 unspecified atom stereocenters. The Morgan fingerprint density at radius 2 is 1.86 bits per heavy atom. The molecule has 2 aromatic rings. The van der Waals surface area contributed by atoms with Crippen LogP contribution in [0.15, 0.2) is 30.3 Å². The molecule has 0 saturated carbocycles. The van der Waals surface area contributed by atoms with Crippen molar-refractivity contribution in [3.8, 4) is 17.2 Å². The highest BCUT2D eigenvalue weighted by molar-refractivity contribution is 5.82. The largest absolute Gasteiger partial charge is 0.491 e. The van der Waals surface area contributed by atoms with Gasteiger partial charge in [-0.25, -0.2) is 4.39 Å². The summed E-state index contributed by atoms with van der Waals surface area (Å²) in [5, 5.41) is 0. The molecule has 2 heterocycles. The van der Waals surface area contributed by atoms with E-state index in [1.807, 2.05) is 0 Å². The number of benzene rings is 2. The van der Waals surface area contributed by atoms with E-state index in [9.17, 15) is 9.18 Å². The molecular weight excluding hydrogens is 289 g/mol. The predicted molar refractivity (Wildman–Crippen MR) is 75.7 cm³/mol. The highest BCUT2D eigenvalue weighted by Gasteiger charge is 2.45. The maximum Gasteiger partial charge on any atom is 0.231 e. The van der Waals surface area contributed by atoms with E-state index in [0.717, 1.165) is 6.29 Å². The number of rotatable bonds is 2. The van der Waals surface area contributed by atoms with Gasteiger partial charge in [0.2, 0.25) is 6.79 Å². The molecule has 0 bridgehead atoms. The summed E-state index contributed by atoms with van der Waals surface area (Å²) in [7, 11) is 0. The zero-order chi connectivity index (χ0) is 15.3. The molecule has 4 rings (SSSR count). The molecule has 0 spiro atoms. The number of carbonyl (C=O) groups excluding carboxylic acids is 1. The molecule has 2 aliphatic heterocycles. The molecule has 0 fully saturated rings. The second-order valence-electron chi connectivity index (χ2n) is 5.28. The molecule has 22 heavy (non-hydrogen) atoms. The predicted octanol–water partition coefficient (Wildman–Crippen LogP) is 2.01. The van der Waals surface area contributed by atoms with E-state index in [0.29, 0.717) is 28.4 Å². The monoisotopic (exact) mass is 301 g/mol. The minimum absolute atomic E-state index is 0.0521. The summed E-state index contributed by atoms with van der Waals surface area (Å²) in [6.45, 7) is 0.177. The highest BCUT2D eigenvalue weighted by atomic mass is 19.1. The summed E-state index contributed by atoms with van der Waals surface area (Å²) < 4.78 is 30.1. The second-order valence-corrected chi connectivity index (χ2v) is 5.28. The van der Waals surface area contributed by atoms with Crippen molar-refractivity contribution < 1.29 is 23.4 Å². The zero-order valence-corrected chi connectivity index (χ0v) is 11.5. The lowest BCUT2D eigenvalue weighted by Gasteiger charge is -2.23. The fraction of sp³-hybridized carbons (Fsp3) is 0.188. The van der Waals surface area contributed by atoms with Gasteiger partial charge in [0.1, 0.15) is 29.9 Å². The van der Waals surface area contributed by atoms with Gasteiger partial charge in [-0.3, -0.25) is 0 Å². The lowest BCUT2D eigenvalue weighted by atomic mass is 9.76. The van der Waals surface area contributed by atoms with Gasteiger partial charge in [-0.2, -0.15) is 0 Å². The summed E-state index contributed by atoms with van der Waals surface area (Å²) >= 11 is 0. The minimum Gasteiger partial charge on any atom is -0.491 e. The Hall–Kier alpha value is -2.76. The molecule has 0 aromatic heterocycles. The number of halogens is 1. The van der Waals surface area contributed by atoms with Gasteiger partial charge in [-0.05, 0) is 17.7 Å². The Morgan fingerprint density at radius 3 is 2.64 bits per heavy atom. The standard InChI is InChI=1S/C16H12FNO4/c17-11-3-1-2-9(15(11)18)16(6-19)7-20-12-5-14-13(4-10(12)16)21-8-22-14/h1-6H,7-8,18H2. The normalized spacial score (nSPS) is 21.3. The van der Waals surface area contributed by atoms with Crippen LogP contribution < -0.4 is 19.9 Å². The maximum atomic E-state index is 13.8. The van der Waals surface area contributed by atoms with Gasteiger partial charge in [0, 0.05) is 11.6 Å². The van der Waals surface area contributed by atoms with Crippen molar-refractivity contribution in [2.45, 2.75) is 5.41 Å². The van der Waals surface area contributed by atoms with E-state index in [2.05, 4.69) is 0 Å². The molecule has 0 amide bonds. The number of nitrogen functional groups attached to an aromatic ring is 1. The van der Waals surface area contributed by atoms with Crippen LogP contribution in [-0.2, 0) is 10.2 Å². The van der Waals surface area contributed by atoms with Gasteiger partial charge in [0.25, 0.3) is 0 Å². The molecule has 2 aromatic carbocycles. The number of aldehydes is 1. The Labute approximate surface area is 125 Å². The van der Waals surface area contributed by atoms with Crippen molar-refractivity contribution >= 4 is 12.0 Å². The van der Waals surface area contributed by atoms with Gasteiger partial charge in [0.05, 0.1) is 5.69 Å². The molecule has 0 radical (unpaired) electrons. The van der Waals surface area contributed by atoms with Crippen molar-refractivity contribution in [2.24, 2.45) is 0 Å². The third kappa shape index (κ3) is 1.55. The van der Waals surface area contributed by atoms with Crippen LogP contribution in [0.2, 0.25) is 0 Å². The van der Waals surface area contributed by atoms with Crippen LogP contribution in [0.3, 0.4) is 0 Å². The number of anilines is 1. The van der Waals surface area contributed by atoms with Gasteiger partial charge < -0.3 is 24.7 Å². The lowest BCUT2D eigenvalue weighted by molar-refractivity contribution is -0.111. The number of hydrogen-bond donors (Lipinski definition) is 1. The van der Waals surface area contributed by atoms with Crippen LogP contribution >= 0.6 is 0 Å². The molecular formula is C16H12FNO4. The number of nitrogens with two attached hydrogens (primary N) is 1. The third-order valence-corrected chi connectivity index (χ3v) is 4.15. The topological polar surface area (TPSA) is 70.8 Å². The fourth-order valence-corrected chi connectivity index (χ4v) is 2.97. The van der Waals surface area contributed by atoms with Gasteiger partial charge in [-0.15, -0.1) is 0 Å². The lowest BCUT2D eigenvalue weighted by Crippen LogP contribution is -2.32. The number of fused-ring (bicyclic) bond motifs is 2. The van der Waals surface area contributed by atoms with E-state index in [-0.39, 0.29) is 19.1 Å². The van der Waals surface area contributed by atoms with E-state index in [4.69, 9.17) is 19.9 Å². The van der Waals surface area contributed by atoms with E-state index in [1.54, 1.807) is 18.2 Å². The maximum absolute atomic E-state index is 13.8. The van der Waals surface area contributed by atoms with Crippen LogP contribution in [-0.4, -0.2) is 19.7 Å². The van der Waals surface area contributed by atoms with Gasteiger partial charge in [0.15, 0.2) is 11.5 Å². The van der Waals surface area contributed by atoms with Gasteiger partial charge >= 0.3 is 0 Å². The Morgan fingerprint density at radius 1 is 1.09 bits per heavy atom. The molecule has 0 aliphatic carbocycles. The highest BCUT2D eigenvalue weighted by Crippen LogP contribution is 2.49. The summed E-state index contributed by atoms with van der Waals surface area (Å²) in [6.07, 6.45) is 0.742. The summed E-state index contributed by atoms with van der Waals surface area (Å²) in [6, 6.07) is 7.79. The van der Waals surface area contributed by atoms with E-state index < -0.39 is 11.2 Å². The Kier molecular flexibility index (Phi) is 2.57. The number of hydrogen-bond acceptors (Lipinski definition) is 5. The van der Waals surface area contributed by atoms with Crippen molar-refractivity contribution in [1.82, 2.24) is 0 Å². The van der Waals surface area contributed by atoms with E-state index in [1.165, 1.54) is 12.1 Å². The van der Waals surface area contributed by atoms with Crippen molar-refractivity contribution in [1.29, 1.82) is 0 Å². The van der Waals surface area contributed by atoms with Crippen molar-refractivity contribution in [2.75, 3.05) is 19.1 Å². The molecule has 1 atom stereocenters. The number of ether oxygens (including phenoxy) is 3. The first-order chi connectivity index (χ1) is 10.7. The van der Waals surface area contributed by atoms with Crippen LogP contribution in [0.1, 0.15) is 11.1 Å². The zero-order valence-electron chi connectivity index (χ0n) is 11.5. The van der Waals surface area contributed by atoms with E-state index >= 15 is 0 Å². The first-order valence-electron chi connectivity index (χ1n) is 6.73. The summed E-state index contributed by atoms with van der Waals surface area (Å²) in [5.41, 5.74) is 5.64. The Bertz CT molecular complexity index is 792. The Balaban J connectivity index is 1.95. The number of para-hydroxylation sites is 1. The average Bonchev–Trinajstić information content (AvgIpc) is 3.12. The van der Waals surface area contributed by atoms with Crippen LogP contribution in [0, 0.1) is 5.82 Å². The SMILES string of the molecule is Nc1c(F)cccc1C1(C=O)COc2cc3c(cc21)OCO3. The van der Waals surface area contributed by atoms with Crippen molar-refractivity contribution in [3.05, 3.63) is 47.3 Å². The van der Waals surface area contributed by atoms with Crippen LogP contribution in [0.25, 0.3) is 0 Å². The smallest absolute Gasteiger partial charge is 0.231 e. The molecule has 5 nitrogen and oxygen atoms in total. The molecule has 112 valence electrons. The molecule has 6 heteroatoms. The number of carbonyl (C=O) groups is 1. The van der Waals surface area contributed by atoms with Crippen LogP contribution in [0.5, 0.6) is 17.2 Å². The summed E-state index contributed by atoms with van der Waals surface area (Å²) in [4.78, 5) is 11.9. The van der Waals surface area contributed by atoms with Gasteiger partial charge in [-0.1, -0.05) is 12.1 Å². The molecule has 0 saturated heterocycles. The minimum atomic E-state index is -1.15. The fourth-order valence-electron chi connectivity index (χ4n) is 2.97. The summed E-state index contributed by atoms with van der Waals surface area (Å²) in [5.74, 6) is 1.05. The van der Waals surface area contributed by atoms with Crippen LogP contribution in [0.4, 0.5) is 10.1 Å². The first-order valence-corrected chi connectivity index (χ1v) is 6.73. The first kappa shape index (κ1) is 12.9.